The lowest BCUT2D eigenvalue weighted by Gasteiger charge is -2.32. The molecule has 0 spiro atoms. The van der Waals surface area contributed by atoms with Gasteiger partial charge in [-0.05, 0) is 61.6 Å². The molecule has 0 radical (unpaired) electrons. The number of nitrogens with zero attached hydrogens (tertiary/aromatic N) is 3. The number of halogens is 1. The predicted molar refractivity (Wildman–Crippen MR) is 140 cm³/mol. The minimum Gasteiger partial charge on any atom is -0.349 e. The summed E-state index contributed by atoms with van der Waals surface area (Å²) in [6.07, 6.45) is 4.60. The first-order valence-corrected chi connectivity index (χ1v) is 12.7. The van der Waals surface area contributed by atoms with E-state index >= 15 is 0 Å². The van der Waals surface area contributed by atoms with Crippen LogP contribution in [0.4, 0.5) is 15.9 Å². The van der Waals surface area contributed by atoms with Crippen molar-refractivity contribution >= 4 is 23.3 Å². The molecule has 1 aliphatic carbocycles. The molecule has 1 aromatic heterocycles. The van der Waals surface area contributed by atoms with E-state index in [1.165, 1.54) is 18.3 Å². The zero-order valence-corrected chi connectivity index (χ0v) is 20.7. The third-order valence-electron chi connectivity index (χ3n) is 7.00. The van der Waals surface area contributed by atoms with Crippen LogP contribution in [0.5, 0.6) is 0 Å². The summed E-state index contributed by atoms with van der Waals surface area (Å²) in [5, 5.41) is 17.6. The lowest BCUT2D eigenvalue weighted by atomic mass is 10.0. The third-order valence-corrected chi connectivity index (χ3v) is 7.00. The molecule has 5 rings (SSSR count). The molecular formula is C28H28FN5O4. The van der Waals surface area contributed by atoms with Crippen LogP contribution in [0.3, 0.4) is 0 Å². The summed E-state index contributed by atoms with van der Waals surface area (Å²) in [7, 11) is 0. The molecule has 2 N–H and O–H groups in total. The second-order valence-electron chi connectivity index (χ2n) is 9.80. The number of likely N-dealkylation sites (tertiary alicyclic amines) is 1. The average Bonchev–Trinajstić information content (AvgIpc) is 3.77. The number of aromatic nitrogens is 1. The van der Waals surface area contributed by atoms with Crippen LogP contribution in [-0.4, -0.2) is 45.8 Å². The van der Waals surface area contributed by atoms with Crippen molar-refractivity contribution in [3.05, 3.63) is 87.9 Å². The van der Waals surface area contributed by atoms with Gasteiger partial charge in [0, 0.05) is 55.0 Å². The molecule has 38 heavy (non-hydrogen) atoms. The van der Waals surface area contributed by atoms with Gasteiger partial charge in [-0.2, -0.15) is 0 Å². The van der Waals surface area contributed by atoms with Gasteiger partial charge in [0.1, 0.15) is 11.6 Å². The van der Waals surface area contributed by atoms with Gasteiger partial charge in [0.05, 0.1) is 10.5 Å². The first-order chi connectivity index (χ1) is 18.4. The number of nitro groups is 1. The molecule has 0 unspecified atom stereocenters. The van der Waals surface area contributed by atoms with Gasteiger partial charge in [-0.25, -0.2) is 9.37 Å². The third kappa shape index (κ3) is 6.03. The molecule has 2 aromatic carbocycles. The maximum atomic E-state index is 14.0. The van der Waals surface area contributed by atoms with Gasteiger partial charge in [-0.15, -0.1) is 0 Å². The number of hydrogen-bond donors (Lipinski definition) is 2. The van der Waals surface area contributed by atoms with Crippen LogP contribution in [0.25, 0.3) is 11.1 Å². The van der Waals surface area contributed by atoms with E-state index in [1.54, 1.807) is 36.4 Å². The van der Waals surface area contributed by atoms with Crippen molar-refractivity contribution in [2.75, 3.05) is 18.4 Å². The Morgan fingerprint density at radius 1 is 1.05 bits per heavy atom. The fraction of sp³-hybridized carbons (Fsp3) is 0.321. The fourth-order valence-electron chi connectivity index (χ4n) is 4.68. The molecular weight excluding hydrogens is 489 g/mol. The average molecular weight is 518 g/mol. The molecule has 3 aromatic rings. The predicted octanol–water partition coefficient (Wildman–Crippen LogP) is 4.54. The number of pyridine rings is 1. The number of carbonyl (C=O) groups is 2. The van der Waals surface area contributed by atoms with E-state index in [-0.39, 0.29) is 40.8 Å². The standard InChI is InChI=1S/C28H28FN5O4/c29-24-4-2-1-3-21(24)17-33-13-10-22(11-14-33)31-28(36)20-7-8-23(25(15-20)34(37)38)19-9-12-30-26(16-19)32-27(35)18-5-6-18/h1-4,7-9,12,15-16,18,22H,5-6,10-11,13-14,17H2,(H,31,36)(H,30,32,35). The molecule has 0 atom stereocenters. The summed E-state index contributed by atoms with van der Waals surface area (Å²) >= 11 is 0. The van der Waals surface area contributed by atoms with Crippen LogP contribution < -0.4 is 10.6 Å². The van der Waals surface area contributed by atoms with Gasteiger partial charge >= 0.3 is 0 Å². The Hall–Kier alpha value is -4.18. The van der Waals surface area contributed by atoms with E-state index in [1.807, 2.05) is 6.07 Å². The van der Waals surface area contributed by atoms with Crippen molar-refractivity contribution in [2.45, 2.75) is 38.3 Å². The topological polar surface area (TPSA) is 117 Å². The van der Waals surface area contributed by atoms with E-state index in [2.05, 4.69) is 20.5 Å². The fourth-order valence-corrected chi connectivity index (χ4v) is 4.68. The first-order valence-electron chi connectivity index (χ1n) is 12.7. The molecule has 10 heteroatoms. The number of rotatable bonds is 8. The van der Waals surface area contributed by atoms with Gasteiger partial charge in [-0.1, -0.05) is 18.2 Å². The molecule has 0 bridgehead atoms. The van der Waals surface area contributed by atoms with Crippen LogP contribution in [0.1, 0.15) is 41.6 Å². The van der Waals surface area contributed by atoms with E-state index in [9.17, 15) is 24.1 Å². The Morgan fingerprint density at radius 3 is 2.53 bits per heavy atom. The van der Waals surface area contributed by atoms with Crippen LogP contribution in [0.2, 0.25) is 0 Å². The van der Waals surface area contributed by atoms with Crippen LogP contribution in [-0.2, 0) is 11.3 Å². The van der Waals surface area contributed by atoms with Crippen molar-refractivity contribution in [3.8, 4) is 11.1 Å². The van der Waals surface area contributed by atoms with Crippen LogP contribution >= 0.6 is 0 Å². The highest BCUT2D eigenvalue weighted by atomic mass is 19.1. The maximum absolute atomic E-state index is 14.0. The Kier molecular flexibility index (Phi) is 7.41. The number of hydrogen-bond acceptors (Lipinski definition) is 6. The van der Waals surface area contributed by atoms with Crippen molar-refractivity contribution in [1.82, 2.24) is 15.2 Å². The molecule has 2 heterocycles. The highest BCUT2D eigenvalue weighted by Gasteiger charge is 2.30. The number of anilines is 1. The number of nitrogens with one attached hydrogen (secondary N) is 2. The minimum absolute atomic E-state index is 0.00619. The van der Waals surface area contributed by atoms with Gasteiger partial charge in [0.2, 0.25) is 5.91 Å². The molecule has 196 valence electrons. The lowest BCUT2D eigenvalue weighted by Crippen LogP contribution is -2.44. The quantitative estimate of drug-likeness (QED) is 0.335. The van der Waals surface area contributed by atoms with Crippen molar-refractivity contribution < 1.29 is 18.9 Å². The summed E-state index contributed by atoms with van der Waals surface area (Å²) in [5.41, 5.74) is 1.49. The summed E-state index contributed by atoms with van der Waals surface area (Å²) in [4.78, 5) is 42.7. The van der Waals surface area contributed by atoms with Crippen LogP contribution in [0, 0.1) is 21.8 Å². The van der Waals surface area contributed by atoms with E-state index in [0.717, 1.165) is 12.8 Å². The highest BCUT2D eigenvalue weighted by Crippen LogP contribution is 2.33. The monoisotopic (exact) mass is 517 g/mol. The Labute approximate surface area is 219 Å². The number of piperidine rings is 1. The van der Waals surface area contributed by atoms with E-state index in [0.29, 0.717) is 55.0 Å². The number of nitro benzene ring substituents is 1. The minimum atomic E-state index is -0.518. The molecule has 2 amide bonds. The van der Waals surface area contributed by atoms with Crippen LogP contribution in [0.15, 0.2) is 60.8 Å². The van der Waals surface area contributed by atoms with Crippen molar-refractivity contribution in [1.29, 1.82) is 0 Å². The smallest absolute Gasteiger partial charge is 0.277 e. The zero-order valence-electron chi connectivity index (χ0n) is 20.7. The van der Waals surface area contributed by atoms with E-state index < -0.39 is 4.92 Å². The number of carbonyl (C=O) groups excluding carboxylic acids is 2. The van der Waals surface area contributed by atoms with Gasteiger partial charge < -0.3 is 10.6 Å². The summed E-state index contributed by atoms with van der Waals surface area (Å²) < 4.78 is 14.0. The number of amides is 2. The van der Waals surface area contributed by atoms with Crippen molar-refractivity contribution in [3.63, 3.8) is 0 Å². The molecule has 1 aliphatic heterocycles. The maximum Gasteiger partial charge on any atom is 0.277 e. The summed E-state index contributed by atoms with van der Waals surface area (Å²) in [6.45, 7) is 1.93. The Morgan fingerprint density at radius 2 is 1.82 bits per heavy atom. The van der Waals surface area contributed by atoms with Gasteiger partial charge in [0.25, 0.3) is 11.6 Å². The van der Waals surface area contributed by atoms with Gasteiger partial charge in [0.15, 0.2) is 0 Å². The second-order valence-corrected chi connectivity index (χ2v) is 9.80. The summed E-state index contributed by atoms with van der Waals surface area (Å²) in [5.74, 6) is -0.365. The van der Waals surface area contributed by atoms with Crippen molar-refractivity contribution in [2.24, 2.45) is 5.92 Å². The molecule has 1 saturated carbocycles. The normalized spacial score (nSPS) is 16.1. The Balaban J connectivity index is 1.23. The largest absolute Gasteiger partial charge is 0.349 e. The Bertz CT molecular complexity index is 1370. The molecule has 2 aliphatic rings. The highest BCUT2D eigenvalue weighted by molar-refractivity contribution is 5.97. The molecule has 2 fully saturated rings. The first kappa shape index (κ1) is 25.5. The number of benzene rings is 2. The summed E-state index contributed by atoms with van der Waals surface area (Å²) in [6, 6.07) is 14.2. The van der Waals surface area contributed by atoms with E-state index in [4.69, 9.17) is 0 Å². The van der Waals surface area contributed by atoms with Gasteiger partial charge in [-0.3, -0.25) is 24.6 Å². The second kappa shape index (κ2) is 11.1. The molecule has 1 saturated heterocycles. The molecule has 9 nitrogen and oxygen atoms in total. The SMILES string of the molecule is O=C(NC1CCN(Cc2ccccc2F)CC1)c1ccc(-c2ccnc(NC(=O)C3CC3)c2)c([N+](=O)[O-])c1. The zero-order chi connectivity index (χ0) is 26.6. The lowest BCUT2D eigenvalue weighted by molar-refractivity contribution is -0.384.